The minimum absolute atomic E-state index is 0.0987. The summed E-state index contributed by atoms with van der Waals surface area (Å²) in [5, 5.41) is 3.41. The van der Waals surface area contributed by atoms with Gasteiger partial charge in [0.05, 0.1) is 12.0 Å². The van der Waals surface area contributed by atoms with Crippen LogP contribution in [-0.4, -0.2) is 54.1 Å². The topological polar surface area (TPSA) is 80.5 Å². The summed E-state index contributed by atoms with van der Waals surface area (Å²) in [6.07, 6.45) is 3.98. The monoisotopic (exact) mass is 344 g/mol. The van der Waals surface area contributed by atoms with Crippen molar-refractivity contribution >= 4 is 11.7 Å². The SMILES string of the molecule is COCCCNc1nc(-c2ccco2)nc2c1CCN(C(C)=O)CC2. The van der Waals surface area contributed by atoms with Crippen LogP contribution in [0.15, 0.2) is 22.8 Å². The van der Waals surface area contributed by atoms with Crippen LogP contribution in [0.4, 0.5) is 5.82 Å². The van der Waals surface area contributed by atoms with Gasteiger partial charge in [0.15, 0.2) is 11.6 Å². The van der Waals surface area contributed by atoms with Crippen molar-refractivity contribution in [2.45, 2.75) is 26.2 Å². The van der Waals surface area contributed by atoms with Gasteiger partial charge in [0.25, 0.3) is 0 Å². The summed E-state index contributed by atoms with van der Waals surface area (Å²) in [7, 11) is 1.70. The Morgan fingerprint density at radius 1 is 1.36 bits per heavy atom. The molecular weight excluding hydrogens is 320 g/mol. The van der Waals surface area contributed by atoms with Crippen molar-refractivity contribution < 1.29 is 13.9 Å². The summed E-state index contributed by atoms with van der Waals surface area (Å²) in [5.41, 5.74) is 2.08. The van der Waals surface area contributed by atoms with Crippen molar-refractivity contribution in [3.8, 4) is 11.6 Å². The Morgan fingerprint density at radius 2 is 2.20 bits per heavy atom. The Hall–Kier alpha value is -2.41. The highest BCUT2D eigenvalue weighted by Crippen LogP contribution is 2.26. The summed E-state index contributed by atoms with van der Waals surface area (Å²) in [6, 6.07) is 3.68. The van der Waals surface area contributed by atoms with E-state index >= 15 is 0 Å². The van der Waals surface area contributed by atoms with Crippen molar-refractivity contribution in [1.29, 1.82) is 0 Å². The largest absolute Gasteiger partial charge is 0.461 e. The van der Waals surface area contributed by atoms with Crippen molar-refractivity contribution in [2.24, 2.45) is 0 Å². The molecule has 2 aromatic heterocycles. The Labute approximate surface area is 147 Å². The molecule has 7 nitrogen and oxygen atoms in total. The molecule has 0 fully saturated rings. The van der Waals surface area contributed by atoms with Gasteiger partial charge < -0.3 is 19.4 Å². The molecule has 0 atom stereocenters. The van der Waals surface area contributed by atoms with Crippen molar-refractivity contribution in [3.63, 3.8) is 0 Å². The zero-order valence-corrected chi connectivity index (χ0v) is 14.7. The van der Waals surface area contributed by atoms with E-state index in [9.17, 15) is 4.79 Å². The van der Waals surface area contributed by atoms with Crippen LogP contribution in [0.2, 0.25) is 0 Å². The van der Waals surface area contributed by atoms with E-state index in [-0.39, 0.29) is 5.91 Å². The Bertz CT molecular complexity index is 715. The lowest BCUT2D eigenvalue weighted by Crippen LogP contribution is -2.31. The minimum Gasteiger partial charge on any atom is -0.461 e. The molecule has 0 saturated carbocycles. The summed E-state index contributed by atoms with van der Waals surface area (Å²) in [6.45, 7) is 4.45. The molecule has 0 bridgehead atoms. The predicted molar refractivity (Wildman–Crippen MR) is 94.4 cm³/mol. The van der Waals surface area contributed by atoms with Crippen LogP contribution in [0.3, 0.4) is 0 Å². The molecule has 134 valence electrons. The molecule has 0 radical (unpaired) electrons. The van der Waals surface area contributed by atoms with Gasteiger partial charge in [-0.1, -0.05) is 0 Å². The second-order valence-corrected chi connectivity index (χ2v) is 6.08. The first-order chi connectivity index (χ1) is 12.2. The molecule has 0 spiro atoms. The Kier molecular flexibility index (Phi) is 5.65. The number of anilines is 1. The van der Waals surface area contributed by atoms with Gasteiger partial charge in [-0.25, -0.2) is 9.97 Å². The fourth-order valence-corrected chi connectivity index (χ4v) is 3.00. The normalized spacial score (nSPS) is 14.1. The van der Waals surface area contributed by atoms with E-state index < -0.39 is 0 Å². The molecule has 0 aromatic carbocycles. The second-order valence-electron chi connectivity index (χ2n) is 6.08. The van der Waals surface area contributed by atoms with Crippen LogP contribution in [0.1, 0.15) is 24.6 Å². The average molecular weight is 344 g/mol. The number of methoxy groups -OCH3 is 1. The van der Waals surface area contributed by atoms with Crippen LogP contribution in [-0.2, 0) is 22.4 Å². The number of carbonyl (C=O) groups excluding carboxylic acids is 1. The van der Waals surface area contributed by atoms with Crippen LogP contribution in [0.5, 0.6) is 0 Å². The quantitative estimate of drug-likeness (QED) is 0.809. The van der Waals surface area contributed by atoms with Gasteiger partial charge in [-0.15, -0.1) is 0 Å². The fourth-order valence-electron chi connectivity index (χ4n) is 3.00. The summed E-state index contributed by atoms with van der Waals surface area (Å²) < 4.78 is 10.6. The number of fused-ring (bicyclic) bond motifs is 1. The maximum atomic E-state index is 11.7. The first-order valence-corrected chi connectivity index (χ1v) is 8.61. The molecule has 1 aliphatic heterocycles. The third-order valence-electron chi connectivity index (χ3n) is 4.35. The third kappa shape index (κ3) is 4.17. The van der Waals surface area contributed by atoms with E-state index in [2.05, 4.69) is 10.3 Å². The standard InChI is InChI=1S/C18H24N4O3/c1-13(23)22-9-6-14-15(7-10-22)20-18(16-5-3-12-25-16)21-17(14)19-8-4-11-24-2/h3,5,12H,4,6-11H2,1-2H3,(H,19,20,21). The first kappa shape index (κ1) is 17.4. The Balaban J connectivity index is 1.89. The van der Waals surface area contributed by atoms with Crippen LogP contribution < -0.4 is 5.32 Å². The molecule has 0 unspecified atom stereocenters. The van der Waals surface area contributed by atoms with E-state index in [4.69, 9.17) is 14.1 Å². The summed E-state index contributed by atoms with van der Waals surface area (Å²) >= 11 is 0. The highest BCUT2D eigenvalue weighted by molar-refractivity contribution is 5.73. The molecule has 1 aliphatic rings. The molecule has 0 saturated heterocycles. The molecule has 2 aromatic rings. The number of hydrogen-bond acceptors (Lipinski definition) is 6. The molecule has 3 rings (SSSR count). The summed E-state index contributed by atoms with van der Waals surface area (Å²) in [4.78, 5) is 23.0. The number of rotatable bonds is 6. The van der Waals surface area contributed by atoms with E-state index in [1.54, 1.807) is 20.3 Å². The third-order valence-corrected chi connectivity index (χ3v) is 4.35. The van der Waals surface area contributed by atoms with E-state index in [1.165, 1.54) is 0 Å². The number of amides is 1. The number of hydrogen-bond donors (Lipinski definition) is 1. The number of nitrogens with one attached hydrogen (secondary N) is 1. The predicted octanol–water partition coefficient (Wildman–Crippen LogP) is 2.13. The van der Waals surface area contributed by atoms with Gasteiger partial charge in [-0.05, 0) is 25.0 Å². The first-order valence-electron chi connectivity index (χ1n) is 8.61. The number of carbonyl (C=O) groups is 1. The lowest BCUT2D eigenvalue weighted by molar-refractivity contribution is -0.128. The summed E-state index contributed by atoms with van der Waals surface area (Å²) in [5.74, 6) is 2.16. The van der Waals surface area contributed by atoms with E-state index in [0.717, 1.165) is 42.9 Å². The number of nitrogens with zero attached hydrogens (tertiary/aromatic N) is 3. The maximum absolute atomic E-state index is 11.7. The molecule has 1 amide bonds. The molecule has 1 N–H and O–H groups in total. The number of aromatic nitrogens is 2. The van der Waals surface area contributed by atoms with Gasteiger partial charge in [0.2, 0.25) is 5.91 Å². The zero-order valence-electron chi connectivity index (χ0n) is 14.7. The highest BCUT2D eigenvalue weighted by Gasteiger charge is 2.22. The second kappa shape index (κ2) is 8.11. The fraction of sp³-hybridized carbons (Fsp3) is 0.500. The molecule has 3 heterocycles. The molecule has 0 aliphatic carbocycles. The number of ether oxygens (including phenoxy) is 1. The van der Waals surface area contributed by atoms with Gasteiger partial charge in [0.1, 0.15) is 5.82 Å². The molecule has 7 heteroatoms. The molecule has 25 heavy (non-hydrogen) atoms. The highest BCUT2D eigenvalue weighted by atomic mass is 16.5. The molecular formula is C18H24N4O3. The minimum atomic E-state index is 0.0987. The lowest BCUT2D eigenvalue weighted by Gasteiger charge is -2.17. The van der Waals surface area contributed by atoms with Gasteiger partial charge in [0, 0.05) is 52.3 Å². The smallest absolute Gasteiger partial charge is 0.219 e. The maximum Gasteiger partial charge on any atom is 0.219 e. The lowest BCUT2D eigenvalue weighted by atomic mass is 10.1. The zero-order chi connectivity index (χ0) is 17.6. The van der Waals surface area contributed by atoms with Crippen LogP contribution >= 0.6 is 0 Å². The Morgan fingerprint density at radius 3 is 2.92 bits per heavy atom. The van der Waals surface area contributed by atoms with Gasteiger partial charge in [-0.3, -0.25) is 4.79 Å². The van der Waals surface area contributed by atoms with Crippen LogP contribution in [0, 0.1) is 0 Å². The van der Waals surface area contributed by atoms with Gasteiger partial charge >= 0.3 is 0 Å². The van der Waals surface area contributed by atoms with Crippen molar-refractivity contribution in [1.82, 2.24) is 14.9 Å². The average Bonchev–Trinajstić information content (AvgIpc) is 3.05. The van der Waals surface area contributed by atoms with Crippen LogP contribution in [0.25, 0.3) is 11.6 Å². The van der Waals surface area contributed by atoms with E-state index in [1.807, 2.05) is 17.0 Å². The van der Waals surface area contributed by atoms with Crippen molar-refractivity contribution in [2.75, 3.05) is 38.7 Å². The number of furan rings is 1. The van der Waals surface area contributed by atoms with Gasteiger partial charge in [-0.2, -0.15) is 0 Å². The van der Waals surface area contributed by atoms with Crippen molar-refractivity contribution in [3.05, 3.63) is 29.7 Å². The van der Waals surface area contributed by atoms with E-state index in [0.29, 0.717) is 31.3 Å².